The summed E-state index contributed by atoms with van der Waals surface area (Å²) < 4.78 is 10.7. The van der Waals surface area contributed by atoms with E-state index < -0.39 is 0 Å². The number of aromatic nitrogens is 2. The molecule has 1 aromatic heterocycles. The molecule has 1 saturated heterocycles. The van der Waals surface area contributed by atoms with Gasteiger partial charge in [0.05, 0.1) is 31.3 Å². The van der Waals surface area contributed by atoms with Gasteiger partial charge in [0.15, 0.2) is 0 Å². The molecular formula is C21H26N4O4. The third-order valence-corrected chi connectivity index (χ3v) is 5.67. The summed E-state index contributed by atoms with van der Waals surface area (Å²) >= 11 is 0. The van der Waals surface area contributed by atoms with Crippen molar-refractivity contribution in [2.75, 3.05) is 33.4 Å². The summed E-state index contributed by atoms with van der Waals surface area (Å²) in [6.45, 7) is 4.08. The Balaban J connectivity index is 1.42. The number of amides is 1. The van der Waals surface area contributed by atoms with Crippen molar-refractivity contribution in [1.29, 1.82) is 0 Å². The van der Waals surface area contributed by atoms with Gasteiger partial charge in [0.25, 0.3) is 5.91 Å². The van der Waals surface area contributed by atoms with Crippen LogP contribution in [0.1, 0.15) is 34.3 Å². The molecule has 1 N–H and O–H groups in total. The lowest BCUT2D eigenvalue weighted by Gasteiger charge is -2.30. The van der Waals surface area contributed by atoms with Crippen molar-refractivity contribution in [2.24, 2.45) is 5.92 Å². The van der Waals surface area contributed by atoms with Crippen molar-refractivity contribution in [1.82, 2.24) is 20.0 Å². The number of carbonyl (C=O) groups excluding carboxylic acids is 2. The minimum absolute atomic E-state index is 0.0131. The number of methoxy groups -OCH3 is 1. The summed E-state index contributed by atoms with van der Waals surface area (Å²) in [5.41, 5.74) is 2.75. The van der Waals surface area contributed by atoms with Crippen LogP contribution in [0.25, 0.3) is 0 Å². The van der Waals surface area contributed by atoms with Gasteiger partial charge in [-0.3, -0.25) is 19.6 Å². The first-order chi connectivity index (χ1) is 14.1. The first-order valence-corrected chi connectivity index (χ1v) is 9.97. The number of rotatable bonds is 4. The number of nitrogens with zero attached hydrogens (tertiary/aromatic N) is 3. The highest BCUT2D eigenvalue weighted by atomic mass is 16.5. The van der Waals surface area contributed by atoms with Crippen LogP contribution in [0.15, 0.2) is 30.6 Å². The molecule has 29 heavy (non-hydrogen) atoms. The Morgan fingerprint density at radius 3 is 2.83 bits per heavy atom. The first-order valence-electron chi connectivity index (χ1n) is 9.97. The van der Waals surface area contributed by atoms with E-state index in [1.165, 1.54) is 12.7 Å². The monoisotopic (exact) mass is 398 g/mol. The summed E-state index contributed by atoms with van der Waals surface area (Å²) in [6, 6.07) is 6.21. The molecule has 8 heteroatoms. The minimum atomic E-state index is -0.103. The number of carbonyl (C=O) groups is 2. The minimum Gasteiger partial charge on any atom is -0.491 e. The van der Waals surface area contributed by atoms with Crippen LogP contribution in [-0.4, -0.2) is 65.2 Å². The summed E-state index contributed by atoms with van der Waals surface area (Å²) in [6.07, 6.45) is 4.81. The van der Waals surface area contributed by atoms with Gasteiger partial charge in [-0.1, -0.05) is 6.07 Å². The van der Waals surface area contributed by atoms with Gasteiger partial charge in [0.2, 0.25) is 0 Å². The summed E-state index contributed by atoms with van der Waals surface area (Å²) in [5, 5.41) is 6.56. The molecule has 8 nitrogen and oxygen atoms in total. The van der Waals surface area contributed by atoms with Crippen LogP contribution in [0.5, 0.6) is 5.75 Å². The van der Waals surface area contributed by atoms with Crippen molar-refractivity contribution < 1.29 is 19.1 Å². The zero-order chi connectivity index (χ0) is 20.2. The van der Waals surface area contributed by atoms with E-state index in [-0.39, 0.29) is 17.8 Å². The van der Waals surface area contributed by atoms with Gasteiger partial charge in [0, 0.05) is 24.8 Å². The second-order valence-electron chi connectivity index (χ2n) is 7.58. The van der Waals surface area contributed by atoms with Crippen molar-refractivity contribution in [2.45, 2.75) is 25.9 Å². The van der Waals surface area contributed by atoms with Crippen molar-refractivity contribution in [3.05, 3.63) is 47.3 Å². The van der Waals surface area contributed by atoms with E-state index in [1.54, 1.807) is 17.3 Å². The van der Waals surface area contributed by atoms with E-state index in [4.69, 9.17) is 9.47 Å². The lowest BCUT2D eigenvalue weighted by Crippen LogP contribution is -2.36. The average Bonchev–Trinajstić information content (AvgIpc) is 3.20. The van der Waals surface area contributed by atoms with Gasteiger partial charge in [-0.25, -0.2) is 0 Å². The molecular weight excluding hydrogens is 372 g/mol. The van der Waals surface area contributed by atoms with Crippen molar-refractivity contribution in [3.8, 4) is 5.75 Å². The second-order valence-corrected chi connectivity index (χ2v) is 7.58. The molecule has 4 rings (SSSR count). The molecule has 0 saturated carbocycles. The molecule has 2 aliphatic rings. The largest absolute Gasteiger partial charge is 0.491 e. The molecule has 0 radical (unpaired) electrons. The average molecular weight is 398 g/mol. The molecule has 1 fully saturated rings. The summed E-state index contributed by atoms with van der Waals surface area (Å²) in [5.74, 6) is 0.694. The van der Waals surface area contributed by atoms with Crippen molar-refractivity contribution in [3.63, 3.8) is 0 Å². The van der Waals surface area contributed by atoms with Gasteiger partial charge in [0.1, 0.15) is 12.4 Å². The predicted molar refractivity (Wildman–Crippen MR) is 105 cm³/mol. The third-order valence-electron chi connectivity index (χ3n) is 5.67. The number of hydrogen-bond donors (Lipinski definition) is 1. The van der Waals surface area contributed by atoms with Gasteiger partial charge in [-0.15, -0.1) is 0 Å². The Bertz CT molecular complexity index is 860. The fourth-order valence-electron chi connectivity index (χ4n) is 4.02. The number of piperidine rings is 1. The van der Waals surface area contributed by atoms with E-state index in [9.17, 15) is 9.59 Å². The molecule has 0 aliphatic carbocycles. The zero-order valence-corrected chi connectivity index (χ0v) is 16.6. The first kappa shape index (κ1) is 19.4. The van der Waals surface area contributed by atoms with Crippen LogP contribution in [-0.2, 0) is 22.6 Å². The molecule has 0 unspecified atom stereocenters. The molecule has 1 amide bonds. The third kappa shape index (κ3) is 4.42. The molecule has 2 aliphatic heterocycles. The highest BCUT2D eigenvalue weighted by Gasteiger charge is 2.26. The van der Waals surface area contributed by atoms with Crippen LogP contribution >= 0.6 is 0 Å². The topological polar surface area (TPSA) is 87.8 Å². The second kappa shape index (κ2) is 8.65. The number of ether oxygens (including phenoxy) is 2. The van der Waals surface area contributed by atoms with Crippen LogP contribution in [0.3, 0.4) is 0 Å². The van der Waals surface area contributed by atoms with E-state index >= 15 is 0 Å². The Hall–Kier alpha value is -2.87. The number of benzene rings is 1. The highest BCUT2D eigenvalue weighted by Crippen LogP contribution is 2.27. The lowest BCUT2D eigenvalue weighted by molar-refractivity contribution is -0.147. The van der Waals surface area contributed by atoms with Crippen molar-refractivity contribution >= 4 is 11.9 Å². The fraction of sp³-hybridized carbons (Fsp3) is 0.476. The lowest BCUT2D eigenvalue weighted by atomic mass is 9.96. The molecule has 3 heterocycles. The number of hydrogen-bond acceptors (Lipinski definition) is 6. The molecule has 0 bridgehead atoms. The molecule has 154 valence electrons. The highest BCUT2D eigenvalue weighted by molar-refractivity contribution is 5.93. The van der Waals surface area contributed by atoms with Gasteiger partial charge >= 0.3 is 5.97 Å². The predicted octanol–water partition coefficient (Wildman–Crippen LogP) is 1.83. The molecule has 2 aromatic rings. The SMILES string of the molecule is COC(=O)C1CCN(Cc2ccc3c(c2)CN(C(=O)c2cn[nH]c2)CCO3)CC1. The van der Waals surface area contributed by atoms with Crippen LogP contribution < -0.4 is 4.74 Å². The van der Waals surface area contributed by atoms with E-state index in [0.29, 0.717) is 25.3 Å². The fourth-order valence-corrected chi connectivity index (χ4v) is 4.02. The molecule has 0 spiro atoms. The number of likely N-dealkylation sites (tertiary alicyclic amines) is 1. The number of fused-ring (bicyclic) bond motifs is 1. The van der Waals surface area contributed by atoms with E-state index in [1.807, 2.05) is 6.07 Å². The maximum Gasteiger partial charge on any atom is 0.308 e. The van der Waals surface area contributed by atoms with Gasteiger partial charge < -0.3 is 14.4 Å². The smallest absolute Gasteiger partial charge is 0.308 e. The van der Waals surface area contributed by atoms with Crippen LogP contribution in [0.4, 0.5) is 0 Å². The maximum absolute atomic E-state index is 12.7. The quantitative estimate of drug-likeness (QED) is 0.791. The Morgan fingerprint density at radius 1 is 1.28 bits per heavy atom. The summed E-state index contributed by atoms with van der Waals surface area (Å²) in [7, 11) is 1.45. The Labute approximate surface area is 169 Å². The van der Waals surface area contributed by atoms with E-state index in [0.717, 1.165) is 43.8 Å². The number of nitrogens with one attached hydrogen (secondary N) is 1. The molecule has 0 atom stereocenters. The number of esters is 1. The van der Waals surface area contributed by atoms with E-state index in [2.05, 4.69) is 27.2 Å². The normalized spacial score (nSPS) is 17.9. The van der Waals surface area contributed by atoms with Crippen LogP contribution in [0.2, 0.25) is 0 Å². The number of aromatic amines is 1. The Morgan fingerprint density at radius 2 is 2.10 bits per heavy atom. The number of H-pyrrole nitrogens is 1. The molecule has 1 aromatic carbocycles. The van der Waals surface area contributed by atoms with Crippen LogP contribution in [0, 0.1) is 5.92 Å². The Kier molecular flexibility index (Phi) is 5.80. The standard InChI is InChI=1S/C21H26N4O4/c1-28-21(27)16-4-6-24(7-5-16)13-15-2-3-19-17(10-15)14-25(8-9-29-19)20(26)18-11-22-23-12-18/h2-3,10-12,16H,4-9,13-14H2,1H3,(H,22,23). The van der Waals surface area contributed by atoms with Gasteiger partial charge in [-0.2, -0.15) is 5.10 Å². The zero-order valence-electron chi connectivity index (χ0n) is 16.6. The maximum atomic E-state index is 12.7. The summed E-state index contributed by atoms with van der Waals surface area (Å²) in [4.78, 5) is 28.6. The van der Waals surface area contributed by atoms with Gasteiger partial charge in [-0.05, 0) is 43.6 Å².